The number of alkyl carbamates (subject to hydrolysis) is 1. The van der Waals surface area contributed by atoms with E-state index < -0.39 is 23.5 Å². The minimum atomic E-state index is -1.16. The number of amides is 2. The second-order valence-corrected chi connectivity index (χ2v) is 9.66. The number of fused-ring (bicyclic) bond motifs is 3. The van der Waals surface area contributed by atoms with Crippen molar-refractivity contribution in [1.29, 1.82) is 0 Å². The largest absolute Gasteiger partial charge is 0.481 e. The molecule has 0 radical (unpaired) electrons. The minimum Gasteiger partial charge on any atom is -0.481 e. The fourth-order valence-corrected chi connectivity index (χ4v) is 5.39. The highest BCUT2D eigenvalue weighted by Crippen LogP contribution is 2.44. The van der Waals surface area contributed by atoms with Gasteiger partial charge < -0.3 is 20.1 Å². The van der Waals surface area contributed by atoms with Crippen molar-refractivity contribution >= 4 is 18.0 Å². The molecule has 1 aliphatic heterocycles. The average Bonchev–Trinajstić information content (AvgIpc) is 3.35. The molecule has 7 heteroatoms. The molecule has 1 aliphatic carbocycles. The Labute approximate surface area is 200 Å². The maximum Gasteiger partial charge on any atom is 0.408 e. The minimum absolute atomic E-state index is 0.0676. The van der Waals surface area contributed by atoms with E-state index in [0.717, 1.165) is 22.3 Å². The summed E-state index contributed by atoms with van der Waals surface area (Å²) >= 11 is 0. The number of ether oxygens (including phenoxy) is 1. The number of benzene rings is 2. The second-order valence-electron chi connectivity index (χ2n) is 9.66. The topological polar surface area (TPSA) is 95.9 Å². The zero-order chi connectivity index (χ0) is 24.5. The third-order valence-electron chi connectivity index (χ3n) is 7.16. The van der Waals surface area contributed by atoms with Crippen LogP contribution in [0.5, 0.6) is 0 Å². The molecule has 1 heterocycles. The standard InChI is InChI=1S/C27H32N2O5/c1-4-13-27(3,25(32)29-14-17(2)22(15-29)24(30)31)28-26(33)34-16-23-20-11-7-5-9-18(20)19-10-6-8-12-21(19)23/h5-12,17,22-23H,4,13-16H2,1-3H3,(H,28,33)(H,30,31)/t17-,22-,27?/m0/s1. The Morgan fingerprint density at radius 2 is 1.65 bits per heavy atom. The molecule has 0 saturated carbocycles. The Morgan fingerprint density at radius 1 is 1.06 bits per heavy atom. The van der Waals surface area contributed by atoms with E-state index in [4.69, 9.17) is 4.74 Å². The van der Waals surface area contributed by atoms with Crippen LogP contribution in [0.2, 0.25) is 0 Å². The van der Waals surface area contributed by atoms with Crippen LogP contribution in [-0.4, -0.2) is 53.2 Å². The highest BCUT2D eigenvalue weighted by molar-refractivity contribution is 5.90. The summed E-state index contributed by atoms with van der Waals surface area (Å²) in [7, 11) is 0. The number of carboxylic acid groups (broad SMARTS) is 1. The average molecular weight is 465 g/mol. The molecule has 34 heavy (non-hydrogen) atoms. The Morgan fingerprint density at radius 3 is 2.18 bits per heavy atom. The van der Waals surface area contributed by atoms with Gasteiger partial charge in [0.05, 0.1) is 5.92 Å². The summed E-state index contributed by atoms with van der Waals surface area (Å²) in [5, 5.41) is 12.2. The van der Waals surface area contributed by atoms with Crippen LogP contribution >= 0.6 is 0 Å². The van der Waals surface area contributed by atoms with Crippen molar-refractivity contribution in [1.82, 2.24) is 10.2 Å². The van der Waals surface area contributed by atoms with Gasteiger partial charge >= 0.3 is 12.1 Å². The Balaban J connectivity index is 1.45. The van der Waals surface area contributed by atoms with Gasteiger partial charge in [-0.15, -0.1) is 0 Å². The van der Waals surface area contributed by atoms with Gasteiger partial charge in [0.2, 0.25) is 5.91 Å². The van der Waals surface area contributed by atoms with Crippen LogP contribution in [0.25, 0.3) is 11.1 Å². The van der Waals surface area contributed by atoms with E-state index >= 15 is 0 Å². The lowest BCUT2D eigenvalue weighted by molar-refractivity contribution is -0.142. The van der Waals surface area contributed by atoms with Crippen LogP contribution in [0, 0.1) is 11.8 Å². The number of likely N-dealkylation sites (tertiary alicyclic amines) is 1. The molecule has 0 spiro atoms. The summed E-state index contributed by atoms with van der Waals surface area (Å²) in [6.07, 6.45) is 0.462. The zero-order valence-electron chi connectivity index (χ0n) is 19.9. The first-order valence-corrected chi connectivity index (χ1v) is 11.9. The van der Waals surface area contributed by atoms with Crippen LogP contribution in [0.4, 0.5) is 4.79 Å². The van der Waals surface area contributed by atoms with Crippen molar-refractivity contribution in [2.75, 3.05) is 19.7 Å². The molecule has 1 saturated heterocycles. The number of carbonyl (C=O) groups excluding carboxylic acids is 2. The molecule has 7 nitrogen and oxygen atoms in total. The van der Waals surface area contributed by atoms with Gasteiger partial charge in [0.1, 0.15) is 12.1 Å². The lowest BCUT2D eigenvalue weighted by Crippen LogP contribution is -2.57. The molecule has 2 aromatic carbocycles. The van der Waals surface area contributed by atoms with E-state index in [9.17, 15) is 19.5 Å². The molecule has 1 unspecified atom stereocenters. The van der Waals surface area contributed by atoms with Crippen LogP contribution < -0.4 is 5.32 Å². The van der Waals surface area contributed by atoms with Gasteiger partial charge in [0.15, 0.2) is 0 Å². The number of nitrogens with one attached hydrogen (secondary N) is 1. The van der Waals surface area contributed by atoms with Crippen LogP contribution in [0.3, 0.4) is 0 Å². The fourth-order valence-electron chi connectivity index (χ4n) is 5.39. The molecule has 2 amide bonds. The third-order valence-corrected chi connectivity index (χ3v) is 7.16. The lowest BCUT2D eigenvalue weighted by Gasteiger charge is -2.33. The Hall–Kier alpha value is -3.35. The first-order chi connectivity index (χ1) is 16.2. The molecule has 0 aromatic heterocycles. The van der Waals surface area contributed by atoms with Gasteiger partial charge in [-0.05, 0) is 41.5 Å². The van der Waals surface area contributed by atoms with Gasteiger partial charge in [0, 0.05) is 19.0 Å². The van der Waals surface area contributed by atoms with Crippen molar-refractivity contribution in [2.24, 2.45) is 11.8 Å². The van der Waals surface area contributed by atoms with E-state index in [1.807, 2.05) is 38.1 Å². The molecule has 180 valence electrons. The highest BCUT2D eigenvalue weighted by Gasteiger charge is 2.44. The van der Waals surface area contributed by atoms with Gasteiger partial charge in [-0.3, -0.25) is 9.59 Å². The molecule has 3 atom stereocenters. The normalized spacial score (nSPS) is 20.9. The van der Waals surface area contributed by atoms with Crippen molar-refractivity contribution in [3.05, 3.63) is 59.7 Å². The molecule has 2 aliphatic rings. The first kappa shape index (κ1) is 23.8. The Kier molecular flexibility index (Phi) is 6.64. The molecular formula is C27H32N2O5. The molecule has 0 bridgehead atoms. The van der Waals surface area contributed by atoms with Crippen molar-refractivity contribution in [2.45, 2.75) is 45.1 Å². The smallest absolute Gasteiger partial charge is 0.408 e. The van der Waals surface area contributed by atoms with E-state index in [1.54, 1.807) is 11.8 Å². The maximum atomic E-state index is 13.4. The summed E-state index contributed by atoms with van der Waals surface area (Å²) in [5.41, 5.74) is 3.37. The fraction of sp³-hybridized carbons (Fsp3) is 0.444. The summed E-state index contributed by atoms with van der Waals surface area (Å²) in [6.45, 7) is 6.15. The predicted molar refractivity (Wildman–Crippen MR) is 128 cm³/mol. The predicted octanol–water partition coefficient (Wildman–Crippen LogP) is 4.26. The number of carboxylic acids is 1. The van der Waals surface area contributed by atoms with Crippen LogP contribution in [-0.2, 0) is 14.3 Å². The van der Waals surface area contributed by atoms with Gasteiger partial charge in [-0.1, -0.05) is 68.8 Å². The molecule has 2 N–H and O–H groups in total. The van der Waals surface area contributed by atoms with Gasteiger partial charge in [-0.25, -0.2) is 4.79 Å². The number of carbonyl (C=O) groups is 3. The van der Waals surface area contributed by atoms with Crippen molar-refractivity contribution in [3.8, 4) is 11.1 Å². The molecule has 2 aromatic rings. The highest BCUT2D eigenvalue weighted by atomic mass is 16.5. The molecule has 1 fully saturated rings. The van der Waals surface area contributed by atoms with Crippen molar-refractivity contribution < 1.29 is 24.2 Å². The number of nitrogens with zero attached hydrogens (tertiary/aromatic N) is 1. The summed E-state index contributed by atoms with van der Waals surface area (Å²) in [5.74, 6) is -1.96. The Bertz CT molecular complexity index is 1050. The van der Waals surface area contributed by atoms with Crippen LogP contribution in [0.1, 0.15) is 50.7 Å². The lowest BCUT2D eigenvalue weighted by atomic mass is 9.94. The number of rotatable bonds is 7. The van der Waals surface area contributed by atoms with E-state index in [2.05, 4.69) is 29.6 Å². The van der Waals surface area contributed by atoms with Crippen LogP contribution in [0.15, 0.2) is 48.5 Å². The van der Waals surface area contributed by atoms with E-state index in [-0.39, 0.29) is 30.9 Å². The van der Waals surface area contributed by atoms with Gasteiger partial charge in [-0.2, -0.15) is 0 Å². The molecular weight excluding hydrogens is 432 g/mol. The van der Waals surface area contributed by atoms with Gasteiger partial charge in [0.25, 0.3) is 0 Å². The summed E-state index contributed by atoms with van der Waals surface area (Å²) in [6, 6.07) is 16.2. The van der Waals surface area contributed by atoms with E-state index in [1.165, 1.54) is 0 Å². The SMILES string of the molecule is CCCC(C)(NC(=O)OCC1c2ccccc2-c2ccccc21)C(=O)N1C[C@H](C(=O)O)[C@@H](C)C1. The first-order valence-electron chi connectivity index (χ1n) is 11.9. The third kappa shape index (κ3) is 4.39. The monoisotopic (exact) mass is 464 g/mol. The quantitative estimate of drug-likeness (QED) is 0.638. The maximum absolute atomic E-state index is 13.4. The zero-order valence-corrected chi connectivity index (χ0v) is 19.9. The van der Waals surface area contributed by atoms with E-state index in [0.29, 0.717) is 19.4 Å². The number of hydrogen-bond acceptors (Lipinski definition) is 4. The summed E-state index contributed by atoms with van der Waals surface area (Å²) in [4.78, 5) is 39.3. The van der Waals surface area contributed by atoms with Crippen molar-refractivity contribution in [3.63, 3.8) is 0 Å². The summed E-state index contributed by atoms with van der Waals surface area (Å²) < 4.78 is 5.66. The number of hydrogen-bond donors (Lipinski definition) is 2. The number of aliphatic carboxylic acids is 1. The molecule has 4 rings (SSSR count). The second kappa shape index (κ2) is 9.49.